The predicted molar refractivity (Wildman–Crippen MR) is 87.0 cm³/mol. The van der Waals surface area contributed by atoms with Crippen molar-refractivity contribution in [2.75, 3.05) is 30.7 Å². The number of rotatable bonds is 7. The molecule has 0 bridgehead atoms. The molecule has 2 rings (SSSR count). The average molecular weight is 285 g/mol. The standard InChI is InChI=1S/C16H23N5/c1-3-21(4-2)14(13-8-6-5-7-9-13)10-19-16-12-18-15(17)11-20-16/h5-9,11-12,14H,3-4,10H2,1-2H3,(H2,17,18)(H,19,20). The maximum absolute atomic E-state index is 5.56. The average Bonchev–Trinajstić information content (AvgIpc) is 2.54. The quantitative estimate of drug-likeness (QED) is 0.818. The largest absolute Gasteiger partial charge is 0.382 e. The molecule has 1 aromatic heterocycles. The third-order valence-corrected chi connectivity index (χ3v) is 3.59. The lowest BCUT2D eigenvalue weighted by Crippen LogP contribution is -2.33. The summed E-state index contributed by atoms with van der Waals surface area (Å²) in [5.74, 6) is 1.18. The molecule has 112 valence electrons. The fourth-order valence-electron chi connectivity index (χ4n) is 2.43. The SMILES string of the molecule is CCN(CC)C(CNc1cnc(N)cn1)c1ccccc1. The first-order chi connectivity index (χ1) is 10.2. The van der Waals surface area contributed by atoms with E-state index in [0.717, 1.165) is 25.5 Å². The fourth-order valence-corrected chi connectivity index (χ4v) is 2.43. The van der Waals surface area contributed by atoms with Crippen LogP contribution in [0.3, 0.4) is 0 Å². The summed E-state index contributed by atoms with van der Waals surface area (Å²) < 4.78 is 0. The minimum absolute atomic E-state index is 0.306. The molecule has 0 aliphatic rings. The molecule has 1 atom stereocenters. The van der Waals surface area contributed by atoms with Crippen molar-refractivity contribution in [2.45, 2.75) is 19.9 Å². The van der Waals surface area contributed by atoms with Gasteiger partial charge in [0.05, 0.1) is 18.4 Å². The van der Waals surface area contributed by atoms with Gasteiger partial charge in [-0.1, -0.05) is 44.2 Å². The third-order valence-electron chi connectivity index (χ3n) is 3.59. The van der Waals surface area contributed by atoms with Crippen LogP contribution in [-0.4, -0.2) is 34.5 Å². The number of hydrogen-bond acceptors (Lipinski definition) is 5. The monoisotopic (exact) mass is 285 g/mol. The van der Waals surface area contributed by atoms with Crippen molar-refractivity contribution >= 4 is 11.6 Å². The first kappa shape index (κ1) is 15.3. The van der Waals surface area contributed by atoms with E-state index >= 15 is 0 Å². The van der Waals surface area contributed by atoms with Crippen molar-refractivity contribution in [3.63, 3.8) is 0 Å². The normalized spacial score (nSPS) is 12.3. The second-order valence-electron chi connectivity index (χ2n) is 4.86. The molecule has 1 unspecified atom stereocenters. The Kier molecular flexibility index (Phi) is 5.51. The second-order valence-corrected chi connectivity index (χ2v) is 4.86. The molecule has 1 heterocycles. The van der Waals surface area contributed by atoms with Gasteiger partial charge in [0.25, 0.3) is 0 Å². The number of nitrogen functional groups attached to an aromatic ring is 1. The smallest absolute Gasteiger partial charge is 0.144 e. The minimum atomic E-state index is 0.306. The van der Waals surface area contributed by atoms with E-state index in [1.165, 1.54) is 5.56 Å². The van der Waals surface area contributed by atoms with Crippen molar-refractivity contribution < 1.29 is 0 Å². The summed E-state index contributed by atoms with van der Waals surface area (Å²) in [5, 5.41) is 3.35. The molecule has 0 aliphatic heterocycles. The van der Waals surface area contributed by atoms with Crippen LogP contribution in [0.5, 0.6) is 0 Å². The highest BCUT2D eigenvalue weighted by Gasteiger charge is 2.17. The van der Waals surface area contributed by atoms with E-state index in [9.17, 15) is 0 Å². The Morgan fingerprint density at radius 1 is 1.10 bits per heavy atom. The van der Waals surface area contributed by atoms with Gasteiger partial charge >= 0.3 is 0 Å². The summed E-state index contributed by atoms with van der Waals surface area (Å²) in [6.45, 7) is 7.16. The van der Waals surface area contributed by atoms with Crippen LogP contribution in [0, 0.1) is 0 Å². The molecule has 0 spiro atoms. The second kappa shape index (κ2) is 7.59. The summed E-state index contributed by atoms with van der Waals surface area (Å²) in [6.07, 6.45) is 3.23. The van der Waals surface area contributed by atoms with Gasteiger partial charge in [-0.3, -0.25) is 4.90 Å². The van der Waals surface area contributed by atoms with Crippen LogP contribution in [0.2, 0.25) is 0 Å². The molecule has 5 nitrogen and oxygen atoms in total. The molecule has 0 fully saturated rings. The van der Waals surface area contributed by atoms with Gasteiger partial charge in [-0.05, 0) is 18.7 Å². The first-order valence-corrected chi connectivity index (χ1v) is 7.35. The number of hydrogen-bond donors (Lipinski definition) is 2. The Bertz CT molecular complexity index is 522. The molecule has 1 aromatic carbocycles. The first-order valence-electron chi connectivity index (χ1n) is 7.35. The van der Waals surface area contributed by atoms with E-state index in [1.54, 1.807) is 12.4 Å². The summed E-state index contributed by atoms with van der Waals surface area (Å²) in [7, 11) is 0. The van der Waals surface area contributed by atoms with E-state index in [1.807, 2.05) is 6.07 Å². The van der Waals surface area contributed by atoms with Gasteiger partial charge in [0.1, 0.15) is 11.6 Å². The summed E-state index contributed by atoms with van der Waals surface area (Å²) in [5.41, 5.74) is 6.86. The lowest BCUT2D eigenvalue weighted by molar-refractivity contribution is 0.228. The molecule has 0 saturated heterocycles. The van der Waals surface area contributed by atoms with Crippen LogP contribution < -0.4 is 11.1 Å². The van der Waals surface area contributed by atoms with E-state index in [-0.39, 0.29) is 0 Å². The summed E-state index contributed by atoms with van der Waals surface area (Å²) in [6, 6.07) is 10.8. The van der Waals surface area contributed by atoms with Crippen molar-refractivity contribution in [1.82, 2.24) is 14.9 Å². The van der Waals surface area contributed by atoms with E-state index in [2.05, 4.69) is 58.3 Å². The lowest BCUT2D eigenvalue weighted by atomic mass is 10.1. The minimum Gasteiger partial charge on any atom is -0.382 e. The fraction of sp³-hybridized carbons (Fsp3) is 0.375. The highest BCUT2D eigenvalue weighted by Crippen LogP contribution is 2.20. The topological polar surface area (TPSA) is 67.1 Å². The van der Waals surface area contributed by atoms with E-state index < -0.39 is 0 Å². The molecule has 21 heavy (non-hydrogen) atoms. The third kappa shape index (κ3) is 4.16. The zero-order valence-corrected chi connectivity index (χ0v) is 12.7. The van der Waals surface area contributed by atoms with Gasteiger partial charge in [-0.25, -0.2) is 9.97 Å². The zero-order valence-electron chi connectivity index (χ0n) is 12.7. The number of likely N-dealkylation sites (N-methyl/N-ethyl adjacent to an activating group) is 1. The molecule has 0 aliphatic carbocycles. The van der Waals surface area contributed by atoms with E-state index in [0.29, 0.717) is 11.9 Å². The van der Waals surface area contributed by atoms with Gasteiger partial charge < -0.3 is 11.1 Å². The molecular weight excluding hydrogens is 262 g/mol. The number of nitrogens with zero attached hydrogens (tertiary/aromatic N) is 3. The van der Waals surface area contributed by atoms with Gasteiger partial charge in [0, 0.05) is 6.54 Å². The maximum Gasteiger partial charge on any atom is 0.144 e. The van der Waals surface area contributed by atoms with Gasteiger partial charge in [-0.2, -0.15) is 0 Å². The van der Waals surface area contributed by atoms with Gasteiger partial charge in [0.2, 0.25) is 0 Å². The molecule has 3 N–H and O–H groups in total. The number of benzene rings is 1. The Morgan fingerprint density at radius 3 is 2.38 bits per heavy atom. The van der Waals surface area contributed by atoms with Crippen molar-refractivity contribution in [3.8, 4) is 0 Å². The number of nitrogens with one attached hydrogen (secondary N) is 1. The molecule has 5 heteroatoms. The van der Waals surface area contributed by atoms with Crippen LogP contribution in [-0.2, 0) is 0 Å². The molecule has 0 saturated carbocycles. The molecule has 0 radical (unpaired) electrons. The lowest BCUT2D eigenvalue weighted by Gasteiger charge is -2.30. The molecular formula is C16H23N5. The highest BCUT2D eigenvalue weighted by atomic mass is 15.2. The Hall–Kier alpha value is -2.14. The zero-order chi connectivity index (χ0) is 15.1. The Balaban J connectivity index is 2.10. The highest BCUT2D eigenvalue weighted by molar-refractivity contribution is 5.36. The maximum atomic E-state index is 5.56. The van der Waals surface area contributed by atoms with E-state index in [4.69, 9.17) is 5.73 Å². The van der Waals surface area contributed by atoms with Gasteiger partial charge in [0.15, 0.2) is 0 Å². The Labute approximate surface area is 126 Å². The van der Waals surface area contributed by atoms with Crippen molar-refractivity contribution in [2.24, 2.45) is 0 Å². The van der Waals surface area contributed by atoms with Crippen LogP contribution >= 0.6 is 0 Å². The van der Waals surface area contributed by atoms with Crippen molar-refractivity contribution in [3.05, 3.63) is 48.3 Å². The predicted octanol–water partition coefficient (Wildman–Crippen LogP) is 2.55. The van der Waals surface area contributed by atoms with Crippen molar-refractivity contribution in [1.29, 1.82) is 0 Å². The van der Waals surface area contributed by atoms with Crippen LogP contribution in [0.15, 0.2) is 42.7 Å². The number of anilines is 2. The van der Waals surface area contributed by atoms with Crippen LogP contribution in [0.4, 0.5) is 11.6 Å². The molecule has 2 aromatic rings. The Morgan fingerprint density at radius 2 is 1.81 bits per heavy atom. The summed E-state index contributed by atoms with van der Waals surface area (Å²) in [4.78, 5) is 10.7. The van der Waals surface area contributed by atoms with Gasteiger partial charge in [-0.15, -0.1) is 0 Å². The number of nitrogens with two attached hydrogens (primary N) is 1. The van der Waals surface area contributed by atoms with Crippen LogP contribution in [0.25, 0.3) is 0 Å². The number of aromatic nitrogens is 2. The summed E-state index contributed by atoms with van der Waals surface area (Å²) >= 11 is 0. The van der Waals surface area contributed by atoms with Crippen LogP contribution in [0.1, 0.15) is 25.5 Å². The molecule has 0 amide bonds.